The van der Waals surface area contributed by atoms with Crippen LogP contribution in [0.2, 0.25) is 0 Å². The van der Waals surface area contributed by atoms with E-state index < -0.39 is 0 Å². The highest BCUT2D eigenvalue weighted by Crippen LogP contribution is 2.14. The van der Waals surface area contributed by atoms with Crippen LogP contribution in [-0.4, -0.2) is 16.6 Å². The molecule has 0 aliphatic rings. The van der Waals surface area contributed by atoms with Crippen molar-refractivity contribution in [3.8, 4) is 5.88 Å². The minimum atomic E-state index is 0.589. The van der Waals surface area contributed by atoms with Crippen molar-refractivity contribution in [3.05, 3.63) is 46.7 Å². The molecule has 2 rings (SSSR count). The van der Waals surface area contributed by atoms with Gasteiger partial charge in [0.15, 0.2) is 0 Å². The van der Waals surface area contributed by atoms with E-state index in [1.165, 1.54) is 11.9 Å². The van der Waals surface area contributed by atoms with Gasteiger partial charge in [-0.3, -0.25) is 0 Å². The molecule has 0 spiro atoms. The van der Waals surface area contributed by atoms with Gasteiger partial charge in [0.1, 0.15) is 12.1 Å². The largest absolute Gasteiger partial charge is 0.478 e. The van der Waals surface area contributed by atoms with Gasteiger partial charge in [-0.25, -0.2) is 9.97 Å². The Bertz CT molecular complexity index is 502. The highest BCUT2D eigenvalue weighted by atomic mass is 79.9. The van der Waals surface area contributed by atoms with E-state index in [9.17, 15) is 0 Å². The summed E-state index contributed by atoms with van der Waals surface area (Å²) in [6, 6.07) is 9.94. The first kappa shape index (κ1) is 12.8. The maximum atomic E-state index is 5.32. The lowest BCUT2D eigenvalue weighted by molar-refractivity contribution is 0.326. The smallest absolute Gasteiger partial charge is 0.218 e. The number of halogens is 1. The van der Waals surface area contributed by atoms with Crippen LogP contribution in [0, 0.1) is 0 Å². The van der Waals surface area contributed by atoms with Crippen LogP contribution >= 0.6 is 15.9 Å². The van der Waals surface area contributed by atoms with Gasteiger partial charge in [-0.1, -0.05) is 28.1 Å². The molecule has 0 aliphatic heterocycles. The van der Waals surface area contributed by atoms with Gasteiger partial charge < -0.3 is 10.1 Å². The van der Waals surface area contributed by atoms with Gasteiger partial charge >= 0.3 is 0 Å². The van der Waals surface area contributed by atoms with E-state index in [1.54, 1.807) is 6.07 Å². The van der Waals surface area contributed by atoms with Crippen LogP contribution in [0.15, 0.2) is 41.1 Å². The van der Waals surface area contributed by atoms with Crippen molar-refractivity contribution in [2.45, 2.75) is 13.5 Å². The first-order valence-electron chi connectivity index (χ1n) is 5.71. The molecule has 0 aliphatic carbocycles. The molecule has 0 fully saturated rings. The minimum Gasteiger partial charge on any atom is -0.478 e. The number of aromatic nitrogens is 2. The normalized spacial score (nSPS) is 10.1. The van der Waals surface area contributed by atoms with Gasteiger partial charge in [0.05, 0.1) is 6.61 Å². The number of nitrogens with one attached hydrogen (secondary N) is 1. The number of hydrogen-bond acceptors (Lipinski definition) is 4. The average molecular weight is 308 g/mol. The van der Waals surface area contributed by atoms with Crippen molar-refractivity contribution < 1.29 is 4.74 Å². The molecule has 5 heteroatoms. The van der Waals surface area contributed by atoms with E-state index in [-0.39, 0.29) is 0 Å². The zero-order valence-corrected chi connectivity index (χ0v) is 11.6. The molecule has 0 amide bonds. The van der Waals surface area contributed by atoms with Gasteiger partial charge in [-0.15, -0.1) is 0 Å². The van der Waals surface area contributed by atoms with Gasteiger partial charge in [0.25, 0.3) is 0 Å². The van der Waals surface area contributed by atoms with Crippen LogP contribution < -0.4 is 10.1 Å². The fourth-order valence-electron chi connectivity index (χ4n) is 1.46. The molecular weight excluding hydrogens is 294 g/mol. The number of anilines is 1. The summed E-state index contributed by atoms with van der Waals surface area (Å²) in [7, 11) is 0. The number of hydrogen-bond donors (Lipinski definition) is 1. The second-order valence-corrected chi connectivity index (χ2v) is 4.57. The third-order valence-electron chi connectivity index (χ3n) is 2.32. The first-order chi connectivity index (χ1) is 8.78. The number of rotatable bonds is 5. The van der Waals surface area contributed by atoms with Crippen LogP contribution in [0.5, 0.6) is 5.88 Å². The molecule has 2 aromatic rings. The highest BCUT2D eigenvalue weighted by molar-refractivity contribution is 9.10. The lowest BCUT2D eigenvalue weighted by Gasteiger charge is -2.07. The molecule has 1 N–H and O–H groups in total. The molecule has 1 heterocycles. The first-order valence-corrected chi connectivity index (χ1v) is 6.50. The predicted octanol–water partition coefficient (Wildman–Crippen LogP) is 3.25. The maximum Gasteiger partial charge on any atom is 0.218 e. The quantitative estimate of drug-likeness (QED) is 0.921. The lowest BCUT2D eigenvalue weighted by atomic mass is 10.2. The molecule has 0 saturated carbocycles. The van der Waals surface area contributed by atoms with Crippen LogP contribution in [0.1, 0.15) is 12.5 Å². The lowest BCUT2D eigenvalue weighted by Crippen LogP contribution is -2.03. The number of benzene rings is 1. The Hall–Kier alpha value is -1.62. The third-order valence-corrected chi connectivity index (χ3v) is 2.85. The Balaban J connectivity index is 1.97. The molecule has 0 atom stereocenters. The Kier molecular flexibility index (Phi) is 4.52. The summed E-state index contributed by atoms with van der Waals surface area (Å²) >= 11 is 3.41. The summed E-state index contributed by atoms with van der Waals surface area (Å²) in [5.74, 6) is 1.35. The Morgan fingerprint density at radius 1 is 1.22 bits per heavy atom. The van der Waals surface area contributed by atoms with E-state index in [1.807, 2.05) is 19.1 Å². The van der Waals surface area contributed by atoms with Crippen molar-refractivity contribution in [1.29, 1.82) is 0 Å². The van der Waals surface area contributed by atoms with Gasteiger partial charge in [-0.05, 0) is 24.6 Å². The molecule has 4 nitrogen and oxygen atoms in total. The predicted molar refractivity (Wildman–Crippen MR) is 74.7 cm³/mol. The van der Waals surface area contributed by atoms with Crippen molar-refractivity contribution in [2.24, 2.45) is 0 Å². The summed E-state index contributed by atoms with van der Waals surface area (Å²) in [4.78, 5) is 8.16. The standard InChI is InChI=1S/C13H14BrN3O/c1-2-18-13-7-12(16-9-17-13)15-8-10-3-5-11(14)6-4-10/h3-7,9H,2,8H2,1H3,(H,15,16,17). The van der Waals surface area contributed by atoms with Crippen molar-refractivity contribution in [1.82, 2.24) is 9.97 Å². The zero-order valence-electron chi connectivity index (χ0n) is 10.1. The molecule has 18 heavy (non-hydrogen) atoms. The topological polar surface area (TPSA) is 47.0 Å². The molecule has 0 bridgehead atoms. The summed E-state index contributed by atoms with van der Waals surface area (Å²) in [5, 5.41) is 3.23. The number of nitrogens with zero attached hydrogens (tertiary/aromatic N) is 2. The van der Waals surface area contributed by atoms with Gasteiger partial charge in [-0.2, -0.15) is 0 Å². The molecular formula is C13H14BrN3O. The monoisotopic (exact) mass is 307 g/mol. The zero-order chi connectivity index (χ0) is 12.8. The van der Waals surface area contributed by atoms with Crippen LogP contribution in [0.25, 0.3) is 0 Å². The SMILES string of the molecule is CCOc1cc(NCc2ccc(Br)cc2)ncn1. The van der Waals surface area contributed by atoms with E-state index in [2.05, 4.69) is 43.3 Å². The summed E-state index contributed by atoms with van der Waals surface area (Å²) in [6.07, 6.45) is 1.49. The van der Waals surface area contributed by atoms with E-state index in [0.29, 0.717) is 12.5 Å². The maximum absolute atomic E-state index is 5.32. The van der Waals surface area contributed by atoms with Gasteiger partial charge in [0.2, 0.25) is 5.88 Å². The van der Waals surface area contributed by atoms with E-state index in [4.69, 9.17) is 4.74 Å². The van der Waals surface area contributed by atoms with Crippen LogP contribution in [0.3, 0.4) is 0 Å². The Morgan fingerprint density at radius 2 is 2.00 bits per heavy atom. The van der Waals surface area contributed by atoms with Crippen LogP contribution in [-0.2, 0) is 6.54 Å². The second-order valence-electron chi connectivity index (χ2n) is 3.65. The fraction of sp³-hybridized carbons (Fsp3) is 0.231. The minimum absolute atomic E-state index is 0.589. The molecule has 1 aromatic heterocycles. The van der Waals surface area contributed by atoms with Crippen molar-refractivity contribution >= 4 is 21.7 Å². The van der Waals surface area contributed by atoms with Gasteiger partial charge in [0, 0.05) is 17.1 Å². The van der Waals surface area contributed by atoms with Crippen LogP contribution in [0.4, 0.5) is 5.82 Å². The third kappa shape index (κ3) is 3.70. The molecule has 0 saturated heterocycles. The highest BCUT2D eigenvalue weighted by Gasteiger charge is 1.99. The van der Waals surface area contributed by atoms with Crippen molar-refractivity contribution in [3.63, 3.8) is 0 Å². The van der Waals surface area contributed by atoms with Crippen molar-refractivity contribution in [2.75, 3.05) is 11.9 Å². The number of ether oxygens (including phenoxy) is 1. The Labute approximate surface area is 115 Å². The Morgan fingerprint density at radius 3 is 2.72 bits per heavy atom. The average Bonchev–Trinajstić information content (AvgIpc) is 2.39. The summed E-state index contributed by atoms with van der Waals surface area (Å²) in [6.45, 7) is 3.25. The van der Waals surface area contributed by atoms with E-state index in [0.717, 1.165) is 16.8 Å². The molecule has 0 radical (unpaired) electrons. The molecule has 1 aromatic carbocycles. The molecule has 94 valence electrons. The fourth-order valence-corrected chi connectivity index (χ4v) is 1.72. The summed E-state index contributed by atoms with van der Waals surface area (Å²) in [5.41, 5.74) is 1.19. The molecule has 0 unspecified atom stereocenters. The van der Waals surface area contributed by atoms with E-state index >= 15 is 0 Å². The summed E-state index contributed by atoms with van der Waals surface area (Å²) < 4.78 is 6.39. The second kappa shape index (κ2) is 6.35.